The summed E-state index contributed by atoms with van der Waals surface area (Å²) in [6, 6.07) is 1.88. The quantitative estimate of drug-likeness (QED) is 0.605. The molecular formula is C13H10BF4O. The molecule has 0 fully saturated rings. The van der Waals surface area contributed by atoms with Crippen molar-refractivity contribution in [2.24, 2.45) is 0 Å². The number of rotatable bonds is 3. The lowest BCUT2D eigenvalue weighted by atomic mass is 9.54. The highest BCUT2D eigenvalue weighted by atomic mass is 19.2. The molecule has 1 atom stereocenters. The average Bonchev–Trinajstić information content (AvgIpc) is 2.33. The minimum atomic E-state index is -2.24. The van der Waals surface area contributed by atoms with E-state index in [0.717, 1.165) is 31.6 Å². The second-order valence-corrected chi connectivity index (χ2v) is 4.23. The van der Waals surface area contributed by atoms with Gasteiger partial charge in [0.25, 0.3) is 0 Å². The van der Waals surface area contributed by atoms with Crippen molar-refractivity contribution in [2.75, 3.05) is 7.11 Å². The molecule has 1 aliphatic carbocycles. The van der Waals surface area contributed by atoms with Crippen LogP contribution in [0.15, 0.2) is 36.2 Å². The lowest BCUT2D eigenvalue weighted by Gasteiger charge is -2.23. The predicted octanol–water partition coefficient (Wildman–Crippen LogP) is 2.78. The Morgan fingerprint density at radius 1 is 1.21 bits per heavy atom. The number of alkyl halides is 1. The molecule has 99 valence electrons. The maximum Gasteiger partial charge on any atom is 0.215 e. The monoisotopic (exact) mass is 269 g/mol. The van der Waals surface area contributed by atoms with Gasteiger partial charge in [-0.1, -0.05) is 12.2 Å². The molecule has 0 spiro atoms. The highest BCUT2D eigenvalue weighted by Crippen LogP contribution is 2.27. The van der Waals surface area contributed by atoms with Gasteiger partial charge in [-0.05, 0) is 11.5 Å². The lowest BCUT2D eigenvalue weighted by Crippen LogP contribution is -2.40. The van der Waals surface area contributed by atoms with Crippen LogP contribution in [0.25, 0.3) is 0 Å². The first kappa shape index (κ1) is 13.7. The Balaban J connectivity index is 2.29. The van der Waals surface area contributed by atoms with Gasteiger partial charge in [0.1, 0.15) is 28.8 Å². The second-order valence-electron chi connectivity index (χ2n) is 4.23. The predicted molar refractivity (Wildman–Crippen MR) is 65.1 cm³/mol. The summed E-state index contributed by atoms with van der Waals surface area (Å²) in [6.07, 6.45) is 2.76. The van der Waals surface area contributed by atoms with Gasteiger partial charge in [0, 0.05) is 18.6 Å². The number of hydrogen-bond acceptors (Lipinski definition) is 1. The van der Waals surface area contributed by atoms with Crippen LogP contribution in [-0.2, 0) is 0 Å². The molecule has 1 unspecified atom stereocenters. The summed E-state index contributed by atoms with van der Waals surface area (Å²) >= 11 is 0. The zero-order chi connectivity index (χ0) is 14.0. The number of benzene rings is 1. The van der Waals surface area contributed by atoms with Gasteiger partial charge >= 0.3 is 0 Å². The lowest BCUT2D eigenvalue weighted by molar-refractivity contribution is 0.315. The van der Waals surface area contributed by atoms with E-state index in [1.807, 2.05) is 0 Å². The molecule has 6 heteroatoms. The largest absolute Gasteiger partial charge is 0.497 e. The number of allylic oxidation sites excluding steroid dienone is 4. The molecule has 0 amide bonds. The first-order chi connectivity index (χ1) is 8.93. The van der Waals surface area contributed by atoms with Crippen molar-refractivity contribution < 1.29 is 22.3 Å². The molecule has 1 radical (unpaired) electrons. The minimum Gasteiger partial charge on any atom is -0.497 e. The van der Waals surface area contributed by atoms with Crippen molar-refractivity contribution in [1.29, 1.82) is 0 Å². The first-order valence-corrected chi connectivity index (χ1v) is 5.55. The molecule has 2 rings (SSSR count). The van der Waals surface area contributed by atoms with Crippen LogP contribution in [0.1, 0.15) is 6.42 Å². The van der Waals surface area contributed by atoms with Crippen molar-refractivity contribution >= 4 is 12.7 Å². The number of hydrogen-bond donors (Lipinski definition) is 0. The fourth-order valence-corrected chi connectivity index (χ4v) is 1.85. The molecule has 1 aromatic carbocycles. The van der Waals surface area contributed by atoms with Crippen LogP contribution in [0.2, 0.25) is 0 Å². The van der Waals surface area contributed by atoms with Crippen molar-refractivity contribution in [1.82, 2.24) is 0 Å². The van der Waals surface area contributed by atoms with E-state index in [2.05, 4.69) is 0 Å². The van der Waals surface area contributed by atoms with E-state index < -0.39 is 34.9 Å². The summed E-state index contributed by atoms with van der Waals surface area (Å²) in [7, 11) is 2.00. The van der Waals surface area contributed by atoms with E-state index in [4.69, 9.17) is 4.74 Å². The van der Waals surface area contributed by atoms with Crippen LogP contribution in [0.4, 0.5) is 17.6 Å². The Morgan fingerprint density at radius 2 is 1.84 bits per heavy atom. The smallest absolute Gasteiger partial charge is 0.215 e. The third-order valence-corrected chi connectivity index (χ3v) is 2.76. The topological polar surface area (TPSA) is 9.23 Å². The molecule has 0 bridgehead atoms. The zero-order valence-electron chi connectivity index (χ0n) is 10.1. The van der Waals surface area contributed by atoms with Crippen molar-refractivity contribution in [3.63, 3.8) is 0 Å². The van der Waals surface area contributed by atoms with Crippen LogP contribution >= 0.6 is 0 Å². The highest BCUT2D eigenvalue weighted by Gasteiger charge is 2.34. The molecule has 0 saturated heterocycles. The zero-order valence-corrected chi connectivity index (χ0v) is 10.1. The van der Waals surface area contributed by atoms with Gasteiger partial charge < -0.3 is 4.74 Å². The fourth-order valence-electron chi connectivity index (χ4n) is 1.85. The van der Waals surface area contributed by atoms with Crippen molar-refractivity contribution in [3.05, 3.63) is 47.8 Å². The van der Waals surface area contributed by atoms with Gasteiger partial charge in [0.15, 0.2) is 0 Å². The number of methoxy groups -OCH3 is 1. The molecule has 1 aliphatic rings. The maximum absolute atomic E-state index is 14.3. The average molecular weight is 269 g/mol. The van der Waals surface area contributed by atoms with Crippen molar-refractivity contribution in [2.45, 2.75) is 12.0 Å². The Kier molecular flexibility index (Phi) is 3.69. The van der Waals surface area contributed by atoms with E-state index in [-0.39, 0.29) is 5.75 Å². The summed E-state index contributed by atoms with van der Waals surface area (Å²) in [5.41, 5.74) is -2.78. The normalized spacial score (nSPS) is 22.1. The van der Waals surface area contributed by atoms with Gasteiger partial charge in [-0.25, -0.2) is 17.6 Å². The summed E-state index contributed by atoms with van der Waals surface area (Å²) in [6.45, 7) is 0. The van der Waals surface area contributed by atoms with Crippen LogP contribution in [0.3, 0.4) is 0 Å². The molecule has 1 aromatic rings. The molecule has 0 heterocycles. The maximum atomic E-state index is 14.3. The number of halogens is 4. The Morgan fingerprint density at radius 3 is 2.37 bits per heavy atom. The Labute approximate surface area is 108 Å². The van der Waals surface area contributed by atoms with Gasteiger partial charge in [0.2, 0.25) is 7.28 Å². The van der Waals surface area contributed by atoms with Crippen LogP contribution in [0, 0.1) is 11.6 Å². The van der Waals surface area contributed by atoms with Crippen LogP contribution in [0.5, 0.6) is 5.75 Å². The van der Waals surface area contributed by atoms with Crippen molar-refractivity contribution in [3.8, 4) is 5.75 Å². The molecule has 1 nitrogen and oxygen atoms in total. The minimum absolute atomic E-state index is 0.00896. The van der Waals surface area contributed by atoms with Gasteiger partial charge in [-0.3, -0.25) is 0 Å². The van der Waals surface area contributed by atoms with Gasteiger partial charge in [-0.2, -0.15) is 0 Å². The van der Waals surface area contributed by atoms with E-state index >= 15 is 0 Å². The van der Waals surface area contributed by atoms with Gasteiger partial charge in [-0.15, -0.1) is 0 Å². The molecule has 19 heavy (non-hydrogen) atoms. The number of ether oxygens (including phenoxy) is 1. The van der Waals surface area contributed by atoms with Gasteiger partial charge in [0.05, 0.1) is 7.11 Å². The summed E-state index contributed by atoms with van der Waals surface area (Å²) in [5, 5.41) is 0. The van der Waals surface area contributed by atoms with E-state index in [9.17, 15) is 17.6 Å². The Hall–Kier alpha value is -1.72. The van der Waals surface area contributed by atoms with E-state index in [0.29, 0.717) is 0 Å². The second kappa shape index (κ2) is 5.11. The molecule has 0 aliphatic heterocycles. The summed E-state index contributed by atoms with van der Waals surface area (Å²) in [5.74, 6) is -2.62. The highest BCUT2D eigenvalue weighted by molar-refractivity contribution is 6.57. The molecule has 0 aromatic heterocycles. The van der Waals surface area contributed by atoms with Crippen LogP contribution in [-0.4, -0.2) is 20.0 Å². The SMILES string of the molecule is COc1cc(F)c([B]C2(F)C=CC=C(F)C2)c(F)c1. The first-order valence-electron chi connectivity index (χ1n) is 5.55. The fraction of sp³-hybridized carbons (Fsp3) is 0.231. The molecule has 0 N–H and O–H groups in total. The third-order valence-electron chi connectivity index (χ3n) is 2.76. The van der Waals surface area contributed by atoms with E-state index in [1.165, 1.54) is 13.2 Å². The standard InChI is InChI=1S/C13H10BF4O/c1-19-9-5-10(16)12(11(17)6-9)14-13(18)4-2-3-8(15)7-13/h2-6H,7H2,1H3. The van der Waals surface area contributed by atoms with Crippen LogP contribution < -0.4 is 10.2 Å². The molecule has 0 saturated carbocycles. The summed E-state index contributed by atoms with van der Waals surface area (Å²) in [4.78, 5) is 0. The third kappa shape index (κ3) is 3.00. The molecular weight excluding hydrogens is 259 g/mol. The Bertz CT molecular complexity index is 533. The summed E-state index contributed by atoms with van der Waals surface area (Å²) < 4.78 is 59.3. The van der Waals surface area contributed by atoms with E-state index in [1.54, 1.807) is 0 Å².